The van der Waals surface area contributed by atoms with Crippen LogP contribution in [0.5, 0.6) is 0 Å². The molecule has 3 aromatic heterocycles. The zero-order chi connectivity index (χ0) is 28.8. The van der Waals surface area contributed by atoms with Crippen LogP contribution in [-0.4, -0.2) is 14.5 Å². The van der Waals surface area contributed by atoms with Crippen molar-refractivity contribution in [1.29, 1.82) is 0 Å². The molecule has 7 aromatic carbocycles. The third kappa shape index (κ3) is 3.43. The molecule has 0 radical (unpaired) electrons. The first-order valence-electron chi connectivity index (χ1n) is 14.8. The van der Waals surface area contributed by atoms with Crippen LogP contribution in [-0.2, 0) is 0 Å². The van der Waals surface area contributed by atoms with Crippen LogP contribution in [0.25, 0.3) is 91.6 Å². The van der Waals surface area contributed by atoms with E-state index in [0.29, 0.717) is 5.95 Å². The summed E-state index contributed by atoms with van der Waals surface area (Å²) in [4.78, 5) is 10.5. The lowest BCUT2D eigenvalue weighted by atomic mass is 10.0. The zero-order valence-electron chi connectivity index (χ0n) is 23.5. The Hall–Kier alpha value is -5.58. The molecule has 0 amide bonds. The molecule has 0 aliphatic carbocycles. The van der Waals surface area contributed by atoms with E-state index in [1.54, 1.807) is 0 Å². The van der Waals surface area contributed by atoms with Gasteiger partial charge < -0.3 is 0 Å². The summed E-state index contributed by atoms with van der Waals surface area (Å²) in [5.41, 5.74) is 5.17. The van der Waals surface area contributed by atoms with Crippen molar-refractivity contribution in [3.8, 4) is 17.2 Å². The number of rotatable bonds is 2. The first-order valence-corrected chi connectivity index (χ1v) is 15.6. The van der Waals surface area contributed by atoms with Gasteiger partial charge in [0.25, 0.3) is 0 Å². The van der Waals surface area contributed by atoms with Gasteiger partial charge in [0.05, 0.1) is 22.2 Å². The van der Waals surface area contributed by atoms with Gasteiger partial charge in [0, 0.05) is 41.9 Å². The molecule has 0 N–H and O–H groups in total. The fourth-order valence-corrected chi connectivity index (χ4v) is 8.01. The maximum atomic E-state index is 5.35. The SMILES string of the molecule is c1ccc2cc3c(cc2c1)c1ccccc1n3-c1nc(-c2ccc3cc4c(cc3c2)sc2ccccc24)c2ccccc2n1. The highest BCUT2D eigenvalue weighted by atomic mass is 32.1. The minimum atomic E-state index is 0.681. The highest BCUT2D eigenvalue weighted by Crippen LogP contribution is 2.39. The zero-order valence-corrected chi connectivity index (χ0v) is 24.3. The Labute approximate surface area is 256 Å². The van der Waals surface area contributed by atoms with Crippen molar-refractivity contribution in [2.45, 2.75) is 0 Å². The van der Waals surface area contributed by atoms with Crippen molar-refractivity contribution in [2.24, 2.45) is 0 Å². The van der Waals surface area contributed by atoms with E-state index >= 15 is 0 Å². The van der Waals surface area contributed by atoms with Crippen molar-refractivity contribution in [2.75, 3.05) is 0 Å². The third-order valence-corrected chi connectivity index (χ3v) is 10.1. The first kappa shape index (κ1) is 23.9. The average molecular weight is 578 g/mol. The Bertz CT molecular complexity index is 2790. The molecule has 10 aromatic rings. The Morgan fingerprint density at radius 3 is 2.05 bits per heavy atom. The van der Waals surface area contributed by atoms with E-state index in [1.165, 1.54) is 52.5 Å². The van der Waals surface area contributed by atoms with Gasteiger partial charge in [-0.05, 0) is 70.1 Å². The summed E-state index contributed by atoms with van der Waals surface area (Å²) in [7, 11) is 0. The second kappa shape index (κ2) is 8.96. The fraction of sp³-hybridized carbons (Fsp3) is 0. The molecule has 0 atom stereocenters. The molecule has 3 nitrogen and oxygen atoms in total. The molecule has 0 spiro atoms. The van der Waals surface area contributed by atoms with E-state index in [1.807, 2.05) is 11.3 Å². The summed E-state index contributed by atoms with van der Waals surface area (Å²) in [6, 6.07) is 50.1. The summed E-state index contributed by atoms with van der Waals surface area (Å²) in [6.45, 7) is 0. The molecule has 10 rings (SSSR count). The van der Waals surface area contributed by atoms with Gasteiger partial charge in [0.2, 0.25) is 5.95 Å². The predicted molar refractivity (Wildman–Crippen MR) is 187 cm³/mol. The summed E-state index contributed by atoms with van der Waals surface area (Å²) in [5, 5.41) is 11.0. The molecular weight excluding hydrogens is 555 g/mol. The van der Waals surface area contributed by atoms with Gasteiger partial charge >= 0.3 is 0 Å². The van der Waals surface area contributed by atoms with Crippen LogP contribution in [0.3, 0.4) is 0 Å². The van der Waals surface area contributed by atoms with Gasteiger partial charge in [-0.1, -0.05) is 91.0 Å². The molecule has 204 valence electrons. The van der Waals surface area contributed by atoms with Crippen molar-refractivity contribution in [3.63, 3.8) is 0 Å². The quantitative estimate of drug-likeness (QED) is 0.205. The molecule has 0 aliphatic heterocycles. The maximum absolute atomic E-state index is 5.35. The minimum absolute atomic E-state index is 0.681. The topological polar surface area (TPSA) is 30.7 Å². The van der Waals surface area contributed by atoms with Crippen LogP contribution >= 0.6 is 11.3 Å². The lowest BCUT2D eigenvalue weighted by Crippen LogP contribution is -2.03. The number of aromatic nitrogens is 3. The summed E-state index contributed by atoms with van der Waals surface area (Å²) in [6.07, 6.45) is 0. The number of para-hydroxylation sites is 2. The van der Waals surface area contributed by atoms with E-state index in [0.717, 1.165) is 33.2 Å². The fourth-order valence-electron chi connectivity index (χ4n) is 6.87. The van der Waals surface area contributed by atoms with Crippen LogP contribution in [0.4, 0.5) is 0 Å². The second-order valence-corrected chi connectivity index (χ2v) is 12.6. The number of thiophene rings is 1. The van der Waals surface area contributed by atoms with Gasteiger partial charge in [0.1, 0.15) is 0 Å². The van der Waals surface area contributed by atoms with E-state index in [2.05, 4.69) is 144 Å². The lowest BCUT2D eigenvalue weighted by Gasteiger charge is -2.12. The van der Waals surface area contributed by atoms with Crippen molar-refractivity contribution < 1.29 is 0 Å². The van der Waals surface area contributed by atoms with Gasteiger partial charge in [-0.25, -0.2) is 9.97 Å². The Morgan fingerprint density at radius 2 is 1.14 bits per heavy atom. The lowest BCUT2D eigenvalue weighted by molar-refractivity contribution is 1.01. The Kier molecular flexibility index (Phi) is 4.87. The van der Waals surface area contributed by atoms with Crippen LogP contribution in [0.2, 0.25) is 0 Å². The van der Waals surface area contributed by atoms with E-state index in [-0.39, 0.29) is 0 Å². The predicted octanol–water partition coefficient (Wildman–Crippen LogP) is 11.1. The molecule has 0 unspecified atom stereocenters. The molecule has 44 heavy (non-hydrogen) atoms. The van der Waals surface area contributed by atoms with E-state index < -0.39 is 0 Å². The number of fused-ring (bicyclic) bond motifs is 9. The molecule has 0 saturated heterocycles. The molecular formula is C40H23N3S. The highest BCUT2D eigenvalue weighted by molar-refractivity contribution is 7.25. The van der Waals surface area contributed by atoms with Gasteiger partial charge in [-0.3, -0.25) is 4.57 Å². The third-order valence-electron chi connectivity index (χ3n) is 8.94. The molecule has 0 fully saturated rings. The molecule has 4 heteroatoms. The molecule has 3 heterocycles. The van der Waals surface area contributed by atoms with Crippen molar-refractivity contribution >= 4 is 85.8 Å². The van der Waals surface area contributed by atoms with Crippen LogP contribution < -0.4 is 0 Å². The normalized spacial score (nSPS) is 12.1. The first-order chi connectivity index (χ1) is 21.8. The molecule has 0 aliphatic rings. The average Bonchev–Trinajstić information content (AvgIpc) is 3.60. The summed E-state index contributed by atoms with van der Waals surface area (Å²) in [5.74, 6) is 0.681. The number of nitrogens with zero attached hydrogens (tertiary/aromatic N) is 3. The van der Waals surface area contributed by atoms with Crippen LogP contribution in [0, 0.1) is 0 Å². The largest absolute Gasteiger partial charge is 0.278 e. The maximum Gasteiger partial charge on any atom is 0.235 e. The van der Waals surface area contributed by atoms with Crippen molar-refractivity contribution in [1.82, 2.24) is 14.5 Å². The van der Waals surface area contributed by atoms with Crippen molar-refractivity contribution in [3.05, 3.63) is 140 Å². The molecule has 0 saturated carbocycles. The number of benzene rings is 7. The monoisotopic (exact) mass is 577 g/mol. The van der Waals surface area contributed by atoms with Gasteiger partial charge in [-0.15, -0.1) is 11.3 Å². The summed E-state index contributed by atoms with van der Waals surface area (Å²) >= 11 is 1.86. The number of hydrogen-bond acceptors (Lipinski definition) is 3. The minimum Gasteiger partial charge on any atom is -0.278 e. The van der Waals surface area contributed by atoms with E-state index in [4.69, 9.17) is 9.97 Å². The Balaban J connectivity index is 1.25. The van der Waals surface area contributed by atoms with E-state index in [9.17, 15) is 0 Å². The smallest absolute Gasteiger partial charge is 0.235 e. The molecule has 0 bridgehead atoms. The summed E-state index contributed by atoms with van der Waals surface area (Å²) < 4.78 is 4.86. The van der Waals surface area contributed by atoms with Gasteiger partial charge in [-0.2, -0.15) is 0 Å². The standard InChI is InChI=1S/C40H23N3S/c1-2-10-25-22-36-32(20-24(25)9-1)29-11-4-7-15-35(29)43(36)40-41-34-14-6-3-13-31(34)39(42-40)27-18-17-26-21-33-30-12-5-8-16-37(30)44-38(33)23-28(26)19-27/h1-23H. The number of hydrogen-bond donors (Lipinski definition) is 0. The highest BCUT2D eigenvalue weighted by Gasteiger charge is 2.18. The van der Waals surface area contributed by atoms with Crippen LogP contribution in [0.15, 0.2) is 140 Å². The van der Waals surface area contributed by atoms with Gasteiger partial charge in [0.15, 0.2) is 0 Å². The van der Waals surface area contributed by atoms with Crippen LogP contribution in [0.1, 0.15) is 0 Å². The Morgan fingerprint density at radius 1 is 0.432 bits per heavy atom. The second-order valence-electron chi connectivity index (χ2n) is 11.5.